The third kappa shape index (κ3) is 5.16. The Morgan fingerprint density at radius 2 is 1.90 bits per heavy atom. The maximum absolute atomic E-state index is 6.29. The molecule has 3 heteroatoms. The molecule has 0 bridgehead atoms. The number of hydrazine groups is 1. The molecule has 0 aromatic heterocycles. The highest BCUT2D eigenvalue weighted by Crippen LogP contribution is 2.20. The molecule has 2 rings (SSSR count). The Hall–Kier alpha value is -1.35. The van der Waals surface area contributed by atoms with Crippen molar-refractivity contribution in [3.63, 3.8) is 0 Å². The number of halogens is 1. The van der Waals surface area contributed by atoms with Crippen molar-refractivity contribution in [1.82, 2.24) is 5.43 Å². The summed E-state index contributed by atoms with van der Waals surface area (Å²) >= 11 is 6.29. The van der Waals surface area contributed by atoms with Gasteiger partial charge in [0.1, 0.15) is 0 Å². The molecule has 112 valence electrons. The Kier molecular flexibility index (Phi) is 6.24. The van der Waals surface area contributed by atoms with Gasteiger partial charge >= 0.3 is 0 Å². The van der Waals surface area contributed by atoms with Crippen molar-refractivity contribution < 1.29 is 0 Å². The van der Waals surface area contributed by atoms with Crippen molar-refractivity contribution in [2.45, 2.75) is 38.6 Å². The SMILES string of the molecule is Cc1ccc(CC(CCCc2ccccc2)NN)c(Cl)c1. The van der Waals surface area contributed by atoms with Crippen molar-refractivity contribution in [1.29, 1.82) is 0 Å². The number of hydrogen-bond donors (Lipinski definition) is 2. The lowest BCUT2D eigenvalue weighted by Gasteiger charge is -2.17. The van der Waals surface area contributed by atoms with Crippen LogP contribution in [0.1, 0.15) is 29.5 Å². The van der Waals surface area contributed by atoms with E-state index in [2.05, 4.69) is 41.8 Å². The van der Waals surface area contributed by atoms with E-state index in [1.165, 1.54) is 11.1 Å². The molecule has 1 unspecified atom stereocenters. The van der Waals surface area contributed by atoms with Crippen LogP contribution in [0.4, 0.5) is 0 Å². The van der Waals surface area contributed by atoms with Gasteiger partial charge < -0.3 is 0 Å². The summed E-state index contributed by atoms with van der Waals surface area (Å²) in [5.74, 6) is 5.69. The van der Waals surface area contributed by atoms with Crippen LogP contribution >= 0.6 is 11.6 Å². The van der Waals surface area contributed by atoms with E-state index in [4.69, 9.17) is 17.4 Å². The second-order valence-corrected chi connectivity index (χ2v) is 5.95. The van der Waals surface area contributed by atoms with Crippen LogP contribution in [0.2, 0.25) is 5.02 Å². The van der Waals surface area contributed by atoms with Gasteiger partial charge in [0, 0.05) is 11.1 Å². The number of nitrogens with two attached hydrogens (primary N) is 1. The minimum atomic E-state index is 0.258. The number of benzene rings is 2. The summed E-state index contributed by atoms with van der Waals surface area (Å²) in [5, 5.41) is 0.832. The average Bonchev–Trinajstić information content (AvgIpc) is 2.49. The second-order valence-electron chi connectivity index (χ2n) is 5.54. The van der Waals surface area contributed by atoms with Gasteiger partial charge in [-0.25, -0.2) is 0 Å². The molecular weight excluding hydrogens is 280 g/mol. The molecule has 0 amide bonds. The van der Waals surface area contributed by atoms with Gasteiger partial charge in [-0.05, 0) is 55.4 Å². The van der Waals surface area contributed by atoms with E-state index in [0.717, 1.165) is 36.3 Å². The van der Waals surface area contributed by atoms with E-state index in [0.29, 0.717) is 0 Å². The van der Waals surface area contributed by atoms with Crippen LogP contribution in [0.25, 0.3) is 0 Å². The first-order valence-corrected chi connectivity index (χ1v) is 7.82. The van der Waals surface area contributed by atoms with Crippen molar-refractivity contribution in [2.75, 3.05) is 0 Å². The highest BCUT2D eigenvalue weighted by Gasteiger charge is 2.10. The van der Waals surface area contributed by atoms with Crippen molar-refractivity contribution >= 4 is 11.6 Å². The lowest BCUT2D eigenvalue weighted by atomic mass is 9.99. The molecule has 21 heavy (non-hydrogen) atoms. The van der Waals surface area contributed by atoms with E-state index in [9.17, 15) is 0 Å². The number of aryl methyl sites for hydroxylation is 2. The summed E-state index contributed by atoms with van der Waals surface area (Å²) in [6.45, 7) is 2.05. The molecule has 0 aliphatic rings. The molecule has 2 aromatic rings. The zero-order valence-corrected chi connectivity index (χ0v) is 13.2. The Morgan fingerprint density at radius 1 is 1.14 bits per heavy atom. The van der Waals surface area contributed by atoms with E-state index in [1.807, 2.05) is 19.1 Å². The van der Waals surface area contributed by atoms with Crippen molar-refractivity contribution in [3.05, 3.63) is 70.2 Å². The van der Waals surface area contributed by atoms with E-state index in [1.54, 1.807) is 0 Å². The second kappa shape index (κ2) is 8.18. The molecule has 1 atom stereocenters. The highest BCUT2D eigenvalue weighted by atomic mass is 35.5. The fourth-order valence-electron chi connectivity index (χ4n) is 2.52. The molecule has 0 fully saturated rings. The standard InChI is InChI=1S/C18H23ClN2/c1-14-10-11-16(18(19)12-14)13-17(21-20)9-5-8-15-6-3-2-4-7-15/h2-4,6-7,10-12,17,21H,5,8-9,13,20H2,1H3. The molecule has 2 nitrogen and oxygen atoms in total. The normalized spacial score (nSPS) is 12.3. The molecule has 0 spiro atoms. The Labute approximate surface area is 132 Å². The van der Waals surface area contributed by atoms with Gasteiger partial charge in [-0.1, -0.05) is 54.1 Å². The molecule has 0 heterocycles. The zero-order chi connectivity index (χ0) is 15.1. The summed E-state index contributed by atoms with van der Waals surface area (Å²) in [6.07, 6.45) is 4.10. The molecule has 0 radical (unpaired) electrons. The summed E-state index contributed by atoms with van der Waals surface area (Å²) in [7, 11) is 0. The first kappa shape index (κ1) is 16.0. The molecule has 2 aromatic carbocycles. The predicted molar refractivity (Wildman–Crippen MR) is 90.4 cm³/mol. The van der Waals surface area contributed by atoms with Crippen LogP contribution in [0.3, 0.4) is 0 Å². The summed E-state index contributed by atoms with van der Waals surface area (Å²) < 4.78 is 0. The predicted octanol–water partition coefficient (Wildman–Crippen LogP) is 4.05. The fraction of sp³-hybridized carbons (Fsp3) is 0.333. The first-order valence-electron chi connectivity index (χ1n) is 7.44. The minimum absolute atomic E-state index is 0.258. The third-order valence-corrected chi connectivity index (χ3v) is 4.12. The van der Waals surface area contributed by atoms with Crippen molar-refractivity contribution in [2.24, 2.45) is 5.84 Å². The summed E-state index contributed by atoms with van der Waals surface area (Å²) in [4.78, 5) is 0. The van der Waals surface area contributed by atoms with Gasteiger partial charge in [0.05, 0.1) is 0 Å². The van der Waals surface area contributed by atoms with Gasteiger partial charge in [-0.2, -0.15) is 0 Å². The van der Waals surface area contributed by atoms with E-state index in [-0.39, 0.29) is 6.04 Å². The topological polar surface area (TPSA) is 38.0 Å². The smallest absolute Gasteiger partial charge is 0.0441 e. The van der Waals surface area contributed by atoms with Crippen LogP contribution in [-0.2, 0) is 12.8 Å². The van der Waals surface area contributed by atoms with Crippen LogP contribution in [0.5, 0.6) is 0 Å². The number of nitrogens with one attached hydrogen (secondary N) is 1. The minimum Gasteiger partial charge on any atom is -0.271 e. The maximum atomic E-state index is 6.29. The maximum Gasteiger partial charge on any atom is 0.0441 e. The van der Waals surface area contributed by atoms with Crippen molar-refractivity contribution in [3.8, 4) is 0 Å². The van der Waals surface area contributed by atoms with Gasteiger partial charge in [-0.15, -0.1) is 0 Å². The first-order chi connectivity index (χ1) is 10.2. The number of hydrogen-bond acceptors (Lipinski definition) is 2. The van der Waals surface area contributed by atoms with Gasteiger partial charge in [0.25, 0.3) is 0 Å². The zero-order valence-electron chi connectivity index (χ0n) is 12.5. The molecular formula is C18H23ClN2. The van der Waals surface area contributed by atoms with Gasteiger partial charge in [-0.3, -0.25) is 11.3 Å². The largest absolute Gasteiger partial charge is 0.271 e. The molecule has 0 saturated carbocycles. The highest BCUT2D eigenvalue weighted by molar-refractivity contribution is 6.31. The van der Waals surface area contributed by atoms with Gasteiger partial charge in [0.2, 0.25) is 0 Å². The Balaban J connectivity index is 1.85. The van der Waals surface area contributed by atoms with Crippen LogP contribution < -0.4 is 11.3 Å². The van der Waals surface area contributed by atoms with Crippen LogP contribution in [0.15, 0.2) is 48.5 Å². The molecule has 0 aliphatic heterocycles. The molecule has 3 N–H and O–H groups in total. The monoisotopic (exact) mass is 302 g/mol. The van der Waals surface area contributed by atoms with Gasteiger partial charge in [0.15, 0.2) is 0 Å². The fourth-order valence-corrected chi connectivity index (χ4v) is 2.84. The lowest BCUT2D eigenvalue weighted by molar-refractivity contribution is 0.476. The summed E-state index contributed by atoms with van der Waals surface area (Å²) in [5.41, 5.74) is 6.64. The summed E-state index contributed by atoms with van der Waals surface area (Å²) in [6, 6.07) is 17.0. The molecule has 0 aliphatic carbocycles. The molecule has 0 saturated heterocycles. The van der Waals surface area contributed by atoms with E-state index < -0.39 is 0 Å². The quantitative estimate of drug-likeness (QED) is 0.598. The van der Waals surface area contributed by atoms with Crippen LogP contribution in [-0.4, -0.2) is 6.04 Å². The lowest BCUT2D eigenvalue weighted by Crippen LogP contribution is -2.36. The number of rotatable bonds is 7. The van der Waals surface area contributed by atoms with E-state index >= 15 is 0 Å². The Morgan fingerprint density at radius 3 is 2.57 bits per heavy atom. The average molecular weight is 303 g/mol. The Bertz CT molecular complexity index is 554. The van der Waals surface area contributed by atoms with Crippen LogP contribution in [0, 0.1) is 6.92 Å². The third-order valence-electron chi connectivity index (χ3n) is 3.77.